The average Bonchev–Trinajstić information content (AvgIpc) is 3.19. The first-order valence-corrected chi connectivity index (χ1v) is 11.6. The maximum absolute atomic E-state index is 4.07. The first kappa shape index (κ1) is 28.9. The Labute approximate surface area is 177 Å². The minimum atomic E-state index is 0.542. The van der Waals surface area contributed by atoms with Crippen LogP contribution in [0.3, 0.4) is 0 Å². The quantitative estimate of drug-likeness (QED) is 0.345. The van der Waals surface area contributed by atoms with Crippen molar-refractivity contribution in [3.63, 3.8) is 0 Å². The van der Waals surface area contributed by atoms with Crippen LogP contribution in [-0.2, 0) is 0 Å². The zero-order valence-corrected chi connectivity index (χ0v) is 20.1. The molecule has 0 bridgehead atoms. The SMILES string of the molecule is C=C(CC)C1C=CC(NCNC)=CC1.C=CCC.CC.CC[C@H]1CCC(C)C1. The Kier molecular flexibility index (Phi) is 21.1. The van der Waals surface area contributed by atoms with E-state index < -0.39 is 0 Å². The van der Waals surface area contributed by atoms with Gasteiger partial charge < -0.3 is 10.6 Å². The van der Waals surface area contributed by atoms with Gasteiger partial charge in [-0.3, -0.25) is 0 Å². The molecule has 2 N–H and O–H groups in total. The van der Waals surface area contributed by atoms with Gasteiger partial charge in [-0.2, -0.15) is 0 Å². The van der Waals surface area contributed by atoms with Crippen LogP contribution in [0, 0.1) is 17.8 Å². The molecule has 0 amide bonds. The zero-order chi connectivity index (χ0) is 21.8. The lowest BCUT2D eigenvalue weighted by Crippen LogP contribution is -2.25. The number of nitrogens with one attached hydrogen (secondary N) is 2. The molecular formula is C26H50N2. The van der Waals surface area contributed by atoms with Gasteiger partial charge in [-0.1, -0.05) is 91.2 Å². The molecule has 2 heteroatoms. The third-order valence-electron chi connectivity index (χ3n) is 5.22. The van der Waals surface area contributed by atoms with Crippen molar-refractivity contribution in [2.75, 3.05) is 13.7 Å². The summed E-state index contributed by atoms with van der Waals surface area (Å²) >= 11 is 0. The van der Waals surface area contributed by atoms with Crippen molar-refractivity contribution in [2.24, 2.45) is 17.8 Å². The molecule has 0 heterocycles. The summed E-state index contributed by atoms with van der Waals surface area (Å²) in [6, 6.07) is 0. The van der Waals surface area contributed by atoms with Crippen molar-refractivity contribution in [1.82, 2.24) is 10.6 Å². The van der Waals surface area contributed by atoms with Crippen LogP contribution in [0.15, 0.2) is 48.7 Å². The topological polar surface area (TPSA) is 24.1 Å². The van der Waals surface area contributed by atoms with Crippen molar-refractivity contribution in [3.8, 4) is 0 Å². The van der Waals surface area contributed by atoms with Gasteiger partial charge in [0.05, 0.1) is 6.67 Å². The third-order valence-corrected chi connectivity index (χ3v) is 5.22. The number of rotatable bonds is 7. The Morgan fingerprint density at radius 3 is 2.18 bits per heavy atom. The van der Waals surface area contributed by atoms with Crippen molar-refractivity contribution in [2.45, 2.75) is 86.5 Å². The van der Waals surface area contributed by atoms with Crippen LogP contribution < -0.4 is 10.6 Å². The monoisotopic (exact) mass is 390 g/mol. The largest absolute Gasteiger partial charge is 0.373 e. The minimum absolute atomic E-state index is 0.542. The molecule has 1 saturated carbocycles. The normalized spacial score (nSPS) is 22.2. The predicted octanol–water partition coefficient (Wildman–Crippen LogP) is 7.62. The third kappa shape index (κ3) is 14.7. The van der Waals surface area contributed by atoms with E-state index >= 15 is 0 Å². The molecule has 2 aliphatic rings. The van der Waals surface area contributed by atoms with E-state index in [1.54, 1.807) is 0 Å². The van der Waals surface area contributed by atoms with Crippen LogP contribution in [0.4, 0.5) is 0 Å². The molecule has 0 saturated heterocycles. The van der Waals surface area contributed by atoms with E-state index in [1.165, 1.54) is 37.0 Å². The van der Waals surface area contributed by atoms with Gasteiger partial charge in [-0.25, -0.2) is 0 Å². The van der Waals surface area contributed by atoms with Crippen LogP contribution in [0.2, 0.25) is 0 Å². The van der Waals surface area contributed by atoms with Gasteiger partial charge >= 0.3 is 0 Å². The zero-order valence-electron chi connectivity index (χ0n) is 20.1. The fraction of sp³-hybridized carbons (Fsp3) is 0.692. The van der Waals surface area contributed by atoms with Crippen molar-refractivity contribution < 1.29 is 0 Å². The Morgan fingerprint density at radius 2 is 1.86 bits per heavy atom. The first-order chi connectivity index (χ1) is 13.5. The van der Waals surface area contributed by atoms with E-state index in [0.29, 0.717) is 5.92 Å². The maximum Gasteiger partial charge on any atom is 0.0650 e. The summed E-state index contributed by atoms with van der Waals surface area (Å²) in [6.45, 7) is 21.3. The van der Waals surface area contributed by atoms with Gasteiger partial charge in [0.1, 0.15) is 0 Å². The average molecular weight is 391 g/mol. The summed E-state index contributed by atoms with van der Waals surface area (Å²) < 4.78 is 0. The van der Waals surface area contributed by atoms with Crippen LogP contribution in [0.25, 0.3) is 0 Å². The van der Waals surface area contributed by atoms with Gasteiger partial charge in [-0.05, 0) is 50.6 Å². The number of hydrogen-bond donors (Lipinski definition) is 2. The standard InChI is InChI=1S/C12H20N2.C8H16.C4H8.C2H6/c1-4-10(2)11-5-7-12(8-6-11)14-9-13-3;1-3-8-5-4-7(2)6-8;1-3-4-2;1-2/h5,7-8,11,13-14H,2,4,6,9H2,1,3H3;7-8H,3-6H2,1-2H3;3H,1,4H2,2H3;1-2H3/t;7?,8-;;/m.0../s1. The molecule has 1 fully saturated rings. The van der Waals surface area contributed by atoms with Crippen LogP contribution >= 0.6 is 0 Å². The van der Waals surface area contributed by atoms with Crippen LogP contribution in [0.5, 0.6) is 0 Å². The van der Waals surface area contributed by atoms with Crippen molar-refractivity contribution in [3.05, 3.63) is 48.7 Å². The second-order valence-electron chi connectivity index (χ2n) is 7.47. The van der Waals surface area contributed by atoms with Gasteiger partial charge in [0.25, 0.3) is 0 Å². The molecule has 164 valence electrons. The van der Waals surface area contributed by atoms with Crippen LogP contribution in [0.1, 0.15) is 86.5 Å². The Morgan fingerprint density at radius 1 is 1.21 bits per heavy atom. The van der Waals surface area contributed by atoms with Gasteiger partial charge in [0, 0.05) is 11.6 Å². The predicted molar refractivity (Wildman–Crippen MR) is 130 cm³/mol. The molecule has 0 spiro atoms. The number of hydrogen-bond acceptors (Lipinski definition) is 2. The highest BCUT2D eigenvalue weighted by molar-refractivity contribution is 5.26. The Balaban J connectivity index is 0. The molecule has 0 radical (unpaired) electrons. The lowest BCUT2D eigenvalue weighted by atomic mass is 9.91. The molecular weight excluding hydrogens is 340 g/mol. The molecule has 0 aromatic heterocycles. The van der Waals surface area contributed by atoms with E-state index in [1.807, 2.05) is 27.0 Å². The number of allylic oxidation sites excluding steroid dienone is 5. The fourth-order valence-corrected chi connectivity index (χ4v) is 3.20. The summed E-state index contributed by atoms with van der Waals surface area (Å²) in [4.78, 5) is 0. The highest BCUT2D eigenvalue weighted by atomic mass is 15.0. The van der Waals surface area contributed by atoms with Crippen molar-refractivity contribution >= 4 is 0 Å². The maximum atomic E-state index is 4.07. The highest BCUT2D eigenvalue weighted by Crippen LogP contribution is 2.31. The van der Waals surface area contributed by atoms with Crippen molar-refractivity contribution in [1.29, 1.82) is 0 Å². The molecule has 2 nitrogen and oxygen atoms in total. The molecule has 0 aliphatic heterocycles. The Hall–Kier alpha value is -1.28. The lowest BCUT2D eigenvalue weighted by Gasteiger charge is -2.18. The van der Waals surface area contributed by atoms with Crippen LogP contribution in [-0.4, -0.2) is 13.7 Å². The summed E-state index contributed by atoms with van der Waals surface area (Å²) in [5, 5.41) is 6.34. The molecule has 2 unspecified atom stereocenters. The van der Waals surface area contributed by atoms with Gasteiger partial charge in [0.2, 0.25) is 0 Å². The van der Waals surface area contributed by atoms with E-state index in [0.717, 1.165) is 37.8 Å². The minimum Gasteiger partial charge on any atom is -0.373 e. The summed E-state index contributed by atoms with van der Waals surface area (Å²) in [5.41, 5.74) is 2.53. The Bertz CT molecular complexity index is 434. The smallest absolute Gasteiger partial charge is 0.0650 e. The highest BCUT2D eigenvalue weighted by Gasteiger charge is 2.18. The lowest BCUT2D eigenvalue weighted by molar-refractivity contribution is 0.501. The first-order valence-electron chi connectivity index (χ1n) is 11.6. The van der Waals surface area contributed by atoms with E-state index in [4.69, 9.17) is 0 Å². The molecule has 2 aliphatic carbocycles. The molecule has 3 atom stereocenters. The van der Waals surface area contributed by atoms with E-state index in [9.17, 15) is 0 Å². The van der Waals surface area contributed by atoms with E-state index in [-0.39, 0.29) is 0 Å². The molecule has 2 rings (SSSR count). The van der Waals surface area contributed by atoms with Gasteiger partial charge in [0.15, 0.2) is 0 Å². The van der Waals surface area contributed by atoms with Gasteiger partial charge in [-0.15, -0.1) is 6.58 Å². The summed E-state index contributed by atoms with van der Waals surface area (Å²) in [5.74, 6) is 2.64. The summed E-state index contributed by atoms with van der Waals surface area (Å²) in [7, 11) is 1.93. The molecule has 0 aromatic carbocycles. The molecule has 0 aromatic rings. The van der Waals surface area contributed by atoms with E-state index in [2.05, 4.69) is 69.7 Å². The molecule has 28 heavy (non-hydrogen) atoms. The second-order valence-corrected chi connectivity index (χ2v) is 7.47. The summed E-state index contributed by atoms with van der Waals surface area (Å²) in [6.07, 6.45) is 17.6. The fourth-order valence-electron chi connectivity index (χ4n) is 3.20. The second kappa shape index (κ2) is 20.5.